The number of ether oxygens (including phenoxy) is 1. The fraction of sp³-hybridized carbons (Fsp3) is 0.414. The minimum Gasteiger partial charge on any atom is -0.466 e. The molecule has 2 heterocycles. The summed E-state index contributed by atoms with van der Waals surface area (Å²) in [7, 11) is 0. The van der Waals surface area contributed by atoms with Crippen LogP contribution in [-0.4, -0.2) is 46.4 Å². The van der Waals surface area contributed by atoms with Gasteiger partial charge in [0.1, 0.15) is 6.26 Å². The first-order valence-electron chi connectivity index (χ1n) is 12.7. The lowest BCUT2D eigenvalue weighted by atomic mass is 9.97. The van der Waals surface area contributed by atoms with Crippen LogP contribution in [0, 0.1) is 19.8 Å². The van der Waals surface area contributed by atoms with E-state index in [4.69, 9.17) is 9.15 Å². The second kappa shape index (κ2) is 12.0. The number of likely N-dealkylation sites (tertiary alicyclic amines) is 1. The van der Waals surface area contributed by atoms with Gasteiger partial charge in [0.25, 0.3) is 5.91 Å². The SMILES string of the molecule is CCOC(=O)C1CCN(C(=O)c2coc(CN(Cc3ccccc3)Cc3cc(C)ccc3C)n2)CC1. The lowest BCUT2D eigenvalue weighted by molar-refractivity contribution is -0.149. The maximum Gasteiger partial charge on any atom is 0.309 e. The molecule has 1 fully saturated rings. The third-order valence-corrected chi connectivity index (χ3v) is 6.68. The Morgan fingerprint density at radius 1 is 1.06 bits per heavy atom. The van der Waals surface area contributed by atoms with E-state index in [0.717, 1.165) is 13.1 Å². The second-order valence-corrected chi connectivity index (χ2v) is 9.51. The maximum atomic E-state index is 13.0. The topological polar surface area (TPSA) is 75.9 Å². The molecule has 0 N–H and O–H groups in total. The van der Waals surface area contributed by atoms with Crippen molar-refractivity contribution in [2.45, 2.75) is 53.2 Å². The number of aromatic nitrogens is 1. The highest BCUT2D eigenvalue weighted by Crippen LogP contribution is 2.22. The van der Waals surface area contributed by atoms with Crippen molar-refractivity contribution in [1.29, 1.82) is 0 Å². The highest BCUT2D eigenvalue weighted by Gasteiger charge is 2.30. The number of nitrogens with zero attached hydrogens (tertiary/aromatic N) is 3. The van der Waals surface area contributed by atoms with E-state index in [1.54, 1.807) is 4.90 Å². The number of piperidine rings is 1. The smallest absolute Gasteiger partial charge is 0.309 e. The number of hydrogen-bond donors (Lipinski definition) is 0. The number of oxazole rings is 1. The average molecular weight is 490 g/mol. The predicted molar refractivity (Wildman–Crippen MR) is 137 cm³/mol. The number of hydrogen-bond acceptors (Lipinski definition) is 6. The van der Waals surface area contributed by atoms with Gasteiger partial charge < -0.3 is 14.1 Å². The summed E-state index contributed by atoms with van der Waals surface area (Å²) >= 11 is 0. The van der Waals surface area contributed by atoms with E-state index in [0.29, 0.717) is 50.7 Å². The van der Waals surface area contributed by atoms with Gasteiger partial charge in [-0.25, -0.2) is 4.98 Å². The first kappa shape index (κ1) is 25.6. The molecule has 0 saturated carbocycles. The Hall–Kier alpha value is -3.45. The molecular weight excluding hydrogens is 454 g/mol. The van der Waals surface area contributed by atoms with Crippen LogP contribution in [0.2, 0.25) is 0 Å². The van der Waals surface area contributed by atoms with Crippen molar-refractivity contribution in [3.05, 3.63) is 88.6 Å². The fourth-order valence-corrected chi connectivity index (χ4v) is 4.63. The first-order valence-corrected chi connectivity index (χ1v) is 12.7. The summed E-state index contributed by atoms with van der Waals surface area (Å²) < 4.78 is 10.9. The van der Waals surface area contributed by atoms with Gasteiger partial charge in [-0.15, -0.1) is 0 Å². The Kier molecular flexibility index (Phi) is 8.54. The van der Waals surface area contributed by atoms with Crippen molar-refractivity contribution in [2.75, 3.05) is 19.7 Å². The summed E-state index contributed by atoms with van der Waals surface area (Å²) in [6.07, 6.45) is 2.67. The lowest BCUT2D eigenvalue weighted by Crippen LogP contribution is -2.40. The third-order valence-electron chi connectivity index (χ3n) is 6.68. The Morgan fingerprint density at radius 2 is 1.81 bits per heavy atom. The Balaban J connectivity index is 1.43. The summed E-state index contributed by atoms with van der Waals surface area (Å²) in [5.74, 6) is 0.0478. The fourth-order valence-electron chi connectivity index (χ4n) is 4.63. The quantitative estimate of drug-likeness (QED) is 0.398. The number of aryl methyl sites for hydroxylation is 2. The zero-order valence-corrected chi connectivity index (χ0v) is 21.4. The van der Waals surface area contributed by atoms with E-state index in [1.165, 1.54) is 28.5 Å². The molecule has 0 bridgehead atoms. The van der Waals surface area contributed by atoms with Crippen LogP contribution in [0.4, 0.5) is 0 Å². The number of carbonyl (C=O) groups is 2. The third kappa shape index (κ3) is 6.61. The van der Waals surface area contributed by atoms with E-state index in [2.05, 4.69) is 54.1 Å². The van der Waals surface area contributed by atoms with Crippen molar-refractivity contribution in [1.82, 2.24) is 14.8 Å². The van der Waals surface area contributed by atoms with Crippen molar-refractivity contribution >= 4 is 11.9 Å². The molecule has 1 aromatic heterocycles. The summed E-state index contributed by atoms with van der Waals surface area (Å²) in [4.78, 5) is 33.6. The van der Waals surface area contributed by atoms with Crippen molar-refractivity contribution in [2.24, 2.45) is 5.92 Å². The van der Waals surface area contributed by atoms with Gasteiger partial charge in [0.15, 0.2) is 5.69 Å². The zero-order chi connectivity index (χ0) is 25.5. The molecule has 0 radical (unpaired) electrons. The van der Waals surface area contributed by atoms with Crippen molar-refractivity contribution in [3.8, 4) is 0 Å². The number of carbonyl (C=O) groups excluding carboxylic acids is 2. The summed E-state index contributed by atoms with van der Waals surface area (Å²) in [5.41, 5.74) is 5.25. The van der Waals surface area contributed by atoms with E-state index < -0.39 is 0 Å². The molecule has 7 nitrogen and oxygen atoms in total. The molecule has 0 atom stereocenters. The molecule has 36 heavy (non-hydrogen) atoms. The molecule has 2 aromatic carbocycles. The molecule has 1 saturated heterocycles. The van der Waals surface area contributed by atoms with Crippen LogP contribution in [0.25, 0.3) is 0 Å². The number of rotatable bonds is 9. The largest absolute Gasteiger partial charge is 0.466 e. The molecule has 1 aliphatic heterocycles. The highest BCUT2D eigenvalue weighted by atomic mass is 16.5. The van der Waals surface area contributed by atoms with Gasteiger partial charge in [-0.3, -0.25) is 14.5 Å². The van der Waals surface area contributed by atoms with Crippen LogP contribution in [0.3, 0.4) is 0 Å². The molecule has 0 aliphatic carbocycles. The molecule has 0 spiro atoms. The van der Waals surface area contributed by atoms with Gasteiger partial charge in [-0.1, -0.05) is 54.1 Å². The van der Waals surface area contributed by atoms with Gasteiger partial charge >= 0.3 is 5.97 Å². The number of esters is 1. The summed E-state index contributed by atoms with van der Waals surface area (Å²) in [6.45, 7) is 9.41. The number of amides is 1. The van der Waals surface area contributed by atoms with E-state index in [-0.39, 0.29) is 17.8 Å². The molecule has 7 heteroatoms. The molecule has 4 rings (SSSR count). The van der Waals surface area contributed by atoms with E-state index in [1.807, 2.05) is 25.1 Å². The minimum atomic E-state index is -0.171. The van der Waals surface area contributed by atoms with Gasteiger partial charge in [0.05, 0.1) is 19.1 Å². The van der Waals surface area contributed by atoms with E-state index >= 15 is 0 Å². The Morgan fingerprint density at radius 3 is 2.53 bits per heavy atom. The van der Waals surface area contributed by atoms with Crippen molar-refractivity contribution < 1.29 is 18.7 Å². The normalized spacial score (nSPS) is 14.3. The van der Waals surface area contributed by atoms with E-state index in [9.17, 15) is 9.59 Å². The van der Waals surface area contributed by atoms with Crippen LogP contribution >= 0.6 is 0 Å². The molecule has 3 aromatic rings. The first-order chi connectivity index (χ1) is 17.4. The highest BCUT2D eigenvalue weighted by molar-refractivity contribution is 5.92. The van der Waals surface area contributed by atoms with Gasteiger partial charge in [-0.05, 0) is 50.3 Å². The van der Waals surface area contributed by atoms with Crippen LogP contribution in [0.5, 0.6) is 0 Å². The van der Waals surface area contributed by atoms with Crippen LogP contribution in [0.15, 0.2) is 59.2 Å². The average Bonchev–Trinajstić information content (AvgIpc) is 3.35. The molecule has 0 unspecified atom stereocenters. The number of benzene rings is 2. The molecule has 190 valence electrons. The zero-order valence-electron chi connectivity index (χ0n) is 21.4. The monoisotopic (exact) mass is 489 g/mol. The Bertz CT molecular complexity index is 1170. The molecular formula is C29H35N3O4. The minimum absolute atomic E-state index is 0.140. The Labute approximate surface area is 213 Å². The molecule has 1 aliphatic rings. The van der Waals surface area contributed by atoms with Gasteiger partial charge in [0, 0.05) is 26.2 Å². The second-order valence-electron chi connectivity index (χ2n) is 9.51. The standard InChI is InChI=1S/C29H35N3O4/c1-4-35-29(34)24-12-14-32(15-13-24)28(33)26-20-36-27(30-26)19-31(17-23-8-6-5-7-9-23)18-25-16-21(2)10-11-22(25)3/h5-11,16,20,24H,4,12-15,17-19H2,1-3H3. The molecule has 1 amide bonds. The van der Waals surface area contributed by atoms with Gasteiger partial charge in [-0.2, -0.15) is 0 Å². The lowest BCUT2D eigenvalue weighted by Gasteiger charge is -2.30. The van der Waals surface area contributed by atoms with Crippen LogP contribution in [-0.2, 0) is 29.2 Å². The van der Waals surface area contributed by atoms with Crippen LogP contribution in [0.1, 0.15) is 58.4 Å². The van der Waals surface area contributed by atoms with Gasteiger partial charge in [0.2, 0.25) is 5.89 Å². The van der Waals surface area contributed by atoms with Crippen molar-refractivity contribution in [3.63, 3.8) is 0 Å². The summed E-state index contributed by atoms with van der Waals surface area (Å²) in [6, 6.07) is 16.8. The predicted octanol–water partition coefficient (Wildman–Crippen LogP) is 4.91. The maximum absolute atomic E-state index is 13.0. The van der Waals surface area contributed by atoms with Crippen LogP contribution < -0.4 is 0 Å². The summed E-state index contributed by atoms with van der Waals surface area (Å²) in [5, 5.41) is 0.